The molecule has 0 radical (unpaired) electrons. The van der Waals surface area contributed by atoms with Crippen LogP contribution in [0.4, 0.5) is 0 Å². The molecule has 3 aromatic heterocycles. The number of nitrogens with one attached hydrogen (secondary N) is 3. The highest BCUT2D eigenvalue weighted by Gasteiger charge is 2.22. The first kappa shape index (κ1) is 31.0. The van der Waals surface area contributed by atoms with Gasteiger partial charge in [-0.3, -0.25) is 9.59 Å². The van der Waals surface area contributed by atoms with Gasteiger partial charge in [-0.15, -0.1) is 5.10 Å². The maximum Gasteiger partial charge on any atom is 0.373 e. The van der Waals surface area contributed by atoms with Gasteiger partial charge in [-0.1, -0.05) is 59.6 Å². The maximum atomic E-state index is 13.3. The van der Waals surface area contributed by atoms with Crippen LogP contribution in [0.25, 0.3) is 27.8 Å². The summed E-state index contributed by atoms with van der Waals surface area (Å²) in [5, 5.41) is 16.3. The Morgan fingerprint density at radius 2 is 1.78 bits per heavy atom. The highest BCUT2D eigenvalue weighted by Crippen LogP contribution is 2.30. The van der Waals surface area contributed by atoms with E-state index in [9.17, 15) is 9.59 Å². The smallest absolute Gasteiger partial charge is 0.346 e. The zero-order valence-electron chi connectivity index (χ0n) is 23.4. The quantitative estimate of drug-likeness (QED) is 0.205. The summed E-state index contributed by atoms with van der Waals surface area (Å²) >= 11 is 12.9. The fourth-order valence-electron chi connectivity index (χ4n) is 4.86. The molecular weight excluding hydrogens is 619 g/mol. The van der Waals surface area contributed by atoms with Crippen LogP contribution in [0.2, 0.25) is 10.2 Å². The Bertz CT molecular complexity index is 2020. The number of rotatable bonds is 9. The molecule has 1 amide bonds. The zero-order valence-corrected chi connectivity index (χ0v) is 24.9. The van der Waals surface area contributed by atoms with Gasteiger partial charge in [-0.2, -0.15) is 9.59 Å². The number of benzene rings is 3. The minimum atomic E-state index is -0.471. The molecule has 0 saturated carbocycles. The van der Waals surface area contributed by atoms with Crippen LogP contribution >= 0.6 is 23.2 Å². The summed E-state index contributed by atoms with van der Waals surface area (Å²) in [6.07, 6.45) is 2.87. The number of aromatic nitrogens is 7. The highest BCUT2D eigenvalue weighted by molar-refractivity contribution is 6.32. The summed E-state index contributed by atoms with van der Waals surface area (Å²) in [6, 6.07) is 23.6. The molecule has 6 aromatic rings. The number of amides is 1. The number of aryl methyl sites for hydroxylation is 1. The van der Waals surface area contributed by atoms with Gasteiger partial charge >= 0.3 is 6.15 Å². The average Bonchev–Trinajstić information content (AvgIpc) is 3.71. The van der Waals surface area contributed by atoms with E-state index in [-0.39, 0.29) is 24.0 Å². The molecule has 1 atom stereocenters. The summed E-state index contributed by atoms with van der Waals surface area (Å²) in [7, 11) is 0. The second kappa shape index (κ2) is 14.4. The number of nitrogens with zero attached hydrogens (tertiary/aromatic N) is 5. The minimum absolute atomic E-state index is 0.165. The third-order valence-corrected chi connectivity index (χ3v) is 7.39. The van der Waals surface area contributed by atoms with Crippen LogP contribution in [-0.4, -0.2) is 47.2 Å². The summed E-state index contributed by atoms with van der Waals surface area (Å²) in [5.41, 5.74) is 4.50. The number of fused-ring (bicyclic) bond motifs is 1. The molecule has 226 valence electrons. The van der Waals surface area contributed by atoms with E-state index >= 15 is 0 Å². The lowest BCUT2D eigenvalue weighted by Crippen LogP contribution is -2.31. The molecule has 0 aliphatic rings. The van der Waals surface area contributed by atoms with Crippen LogP contribution in [0.3, 0.4) is 0 Å². The minimum Gasteiger partial charge on any atom is -0.346 e. The molecule has 12 nitrogen and oxygen atoms in total. The summed E-state index contributed by atoms with van der Waals surface area (Å²) < 4.78 is 1.54. The Hall–Kier alpha value is -5.42. The average molecular weight is 643 g/mol. The third kappa shape index (κ3) is 7.76. The van der Waals surface area contributed by atoms with Crippen molar-refractivity contribution in [1.29, 1.82) is 0 Å². The zero-order chi connectivity index (χ0) is 31.8. The topological polar surface area (TPSA) is 168 Å². The van der Waals surface area contributed by atoms with Crippen LogP contribution in [-0.2, 0) is 27.2 Å². The molecule has 14 heteroatoms. The molecule has 3 heterocycles. The van der Waals surface area contributed by atoms with E-state index in [1.165, 1.54) is 12.4 Å². The summed E-state index contributed by atoms with van der Waals surface area (Å²) in [4.78, 5) is 52.0. The number of H-pyrrole nitrogens is 2. The largest absolute Gasteiger partial charge is 0.373 e. The van der Waals surface area contributed by atoms with Gasteiger partial charge in [0.1, 0.15) is 23.0 Å². The second-order valence-corrected chi connectivity index (χ2v) is 10.6. The fourth-order valence-corrected chi connectivity index (χ4v) is 5.30. The van der Waals surface area contributed by atoms with E-state index in [2.05, 4.69) is 30.8 Å². The Morgan fingerprint density at radius 1 is 0.978 bits per heavy atom. The Morgan fingerprint density at radius 3 is 2.53 bits per heavy atom. The summed E-state index contributed by atoms with van der Waals surface area (Å²) in [6.45, 7) is 0. The molecular formula is C31H24Cl2N8O4. The predicted octanol–water partition coefficient (Wildman–Crippen LogP) is 4.65. The molecule has 0 aliphatic carbocycles. The van der Waals surface area contributed by atoms with Crippen molar-refractivity contribution in [3.63, 3.8) is 0 Å². The van der Waals surface area contributed by atoms with Gasteiger partial charge in [-0.25, -0.2) is 9.67 Å². The highest BCUT2D eigenvalue weighted by atomic mass is 35.5. The first-order chi connectivity index (χ1) is 21.8. The van der Waals surface area contributed by atoms with Crippen molar-refractivity contribution in [2.45, 2.75) is 25.3 Å². The van der Waals surface area contributed by atoms with Gasteiger partial charge in [0, 0.05) is 28.6 Å². The van der Waals surface area contributed by atoms with Crippen molar-refractivity contribution in [3.8, 4) is 16.9 Å². The third-order valence-electron chi connectivity index (χ3n) is 6.88. The van der Waals surface area contributed by atoms with E-state index in [1.54, 1.807) is 16.8 Å². The molecule has 0 saturated heterocycles. The van der Waals surface area contributed by atoms with Gasteiger partial charge in [0.2, 0.25) is 11.5 Å². The molecule has 0 unspecified atom stereocenters. The number of halogens is 2. The van der Waals surface area contributed by atoms with Crippen molar-refractivity contribution in [2.75, 3.05) is 0 Å². The van der Waals surface area contributed by atoms with Crippen LogP contribution in [0.5, 0.6) is 0 Å². The van der Waals surface area contributed by atoms with Gasteiger partial charge in [0.15, 0.2) is 0 Å². The number of carbonyl (C=O) groups excluding carboxylic acids is 3. The lowest BCUT2D eigenvalue weighted by molar-refractivity contribution is -0.191. The Balaban J connectivity index is 0.00000128. The van der Waals surface area contributed by atoms with E-state index in [0.29, 0.717) is 34.5 Å². The van der Waals surface area contributed by atoms with Gasteiger partial charge in [0.05, 0.1) is 11.7 Å². The molecule has 3 aromatic carbocycles. The van der Waals surface area contributed by atoms with E-state index < -0.39 is 6.04 Å². The maximum absolute atomic E-state index is 13.3. The fraction of sp³-hybridized carbons (Fsp3) is 0.129. The Labute approximate surface area is 265 Å². The van der Waals surface area contributed by atoms with Crippen molar-refractivity contribution in [2.24, 2.45) is 0 Å². The van der Waals surface area contributed by atoms with Crippen molar-refractivity contribution < 1.29 is 14.4 Å². The van der Waals surface area contributed by atoms with E-state index in [0.717, 1.165) is 33.3 Å². The molecule has 0 bridgehead atoms. The van der Waals surface area contributed by atoms with Crippen LogP contribution in [0.15, 0.2) is 90.0 Å². The second-order valence-electron chi connectivity index (χ2n) is 9.83. The van der Waals surface area contributed by atoms with Crippen LogP contribution in [0.1, 0.15) is 29.4 Å². The number of hydrogen-bond donors (Lipinski definition) is 3. The standard InChI is InChI=1S/C30H24Cl2N8O2.CO2/c31-22-9-11-25(40-17-33-38-39-40)20(16-22)8-13-27(42)35-24(14-18-4-2-1-3-5-18)30-36-28(29(32)37-30)21-6-10-23-19(15-21)7-12-26(41)34-23;2-1-3/h1-7,9-12,15-17,24H,8,13-14H2,(H,34,41)(H,35,42)(H,36,37);/t24-;/m0./s1. The molecule has 45 heavy (non-hydrogen) atoms. The lowest BCUT2D eigenvalue weighted by Gasteiger charge is -2.17. The number of hydrogen-bond acceptors (Lipinski definition) is 8. The van der Waals surface area contributed by atoms with Gasteiger partial charge in [-0.05, 0) is 76.2 Å². The SMILES string of the molecule is O=C(CCc1cc(Cl)ccc1-n1cnnn1)N[C@@H](Cc1ccccc1)c1nc(-c2ccc3[nH]c(=O)ccc3c2)c(Cl)[nH]1.O=C=O. The molecule has 3 N–H and O–H groups in total. The lowest BCUT2D eigenvalue weighted by atomic mass is 10.0. The number of imidazole rings is 1. The van der Waals surface area contributed by atoms with Crippen molar-refractivity contribution >= 4 is 46.2 Å². The van der Waals surface area contributed by atoms with E-state index in [1.807, 2.05) is 60.7 Å². The van der Waals surface area contributed by atoms with E-state index in [4.69, 9.17) is 37.8 Å². The number of aromatic amines is 2. The number of pyridine rings is 1. The predicted molar refractivity (Wildman–Crippen MR) is 166 cm³/mol. The number of carbonyl (C=O) groups is 1. The molecule has 6 rings (SSSR count). The van der Waals surface area contributed by atoms with Gasteiger partial charge < -0.3 is 15.3 Å². The summed E-state index contributed by atoms with van der Waals surface area (Å²) in [5.74, 6) is 0.369. The molecule has 0 spiro atoms. The van der Waals surface area contributed by atoms with Crippen molar-refractivity contribution in [3.05, 3.63) is 123 Å². The molecule has 0 fully saturated rings. The van der Waals surface area contributed by atoms with Crippen molar-refractivity contribution in [1.82, 2.24) is 40.5 Å². The monoisotopic (exact) mass is 642 g/mol. The molecule has 0 aliphatic heterocycles. The first-order valence-electron chi connectivity index (χ1n) is 13.6. The van der Waals surface area contributed by atoms with Gasteiger partial charge in [0.25, 0.3) is 0 Å². The normalized spacial score (nSPS) is 11.3. The Kier molecular flexibility index (Phi) is 9.90. The first-order valence-corrected chi connectivity index (χ1v) is 14.3. The number of tetrazole rings is 1. The van der Waals surface area contributed by atoms with Crippen LogP contribution < -0.4 is 10.9 Å². The van der Waals surface area contributed by atoms with Crippen LogP contribution in [0, 0.1) is 0 Å².